The SMILES string of the molecule is Cc1ccc(-c2nc3c(C)cccc3c(=O)[nH]2)cc1. The van der Waals surface area contributed by atoms with Gasteiger partial charge in [0.15, 0.2) is 0 Å². The number of nitrogens with one attached hydrogen (secondary N) is 1. The van der Waals surface area contributed by atoms with E-state index in [0.29, 0.717) is 11.2 Å². The fourth-order valence-electron chi connectivity index (χ4n) is 2.15. The van der Waals surface area contributed by atoms with Gasteiger partial charge in [-0.2, -0.15) is 0 Å². The quantitative estimate of drug-likeness (QED) is 0.720. The Bertz CT molecular complexity index is 801. The van der Waals surface area contributed by atoms with Gasteiger partial charge in [-0.05, 0) is 25.5 Å². The van der Waals surface area contributed by atoms with Gasteiger partial charge in [0.05, 0.1) is 10.9 Å². The molecule has 0 bridgehead atoms. The summed E-state index contributed by atoms with van der Waals surface area (Å²) in [6, 6.07) is 13.6. The van der Waals surface area contributed by atoms with Gasteiger partial charge in [0, 0.05) is 5.56 Å². The lowest BCUT2D eigenvalue weighted by Crippen LogP contribution is -2.10. The zero-order valence-corrected chi connectivity index (χ0v) is 10.9. The van der Waals surface area contributed by atoms with E-state index in [0.717, 1.165) is 16.6 Å². The van der Waals surface area contributed by atoms with Crippen LogP contribution in [0.4, 0.5) is 0 Å². The molecule has 2 aromatic carbocycles. The normalized spacial score (nSPS) is 10.8. The van der Waals surface area contributed by atoms with E-state index in [1.807, 2.05) is 50.2 Å². The van der Waals surface area contributed by atoms with Gasteiger partial charge in [-0.15, -0.1) is 0 Å². The van der Waals surface area contributed by atoms with Crippen molar-refractivity contribution >= 4 is 10.9 Å². The molecule has 0 aliphatic carbocycles. The van der Waals surface area contributed by atoms with Gasteiger partial charge >= 0.3 is 0 Å². The average Bonchev–Trinajstić information content (AvgIpc) is 2.41. The van der Waals surface area contributed by atoms with E-state index in [9.17, 15) is 4.79 Å². The molecular formula is C16H14N2O. The molecule has 0 amide bonds. The third-order valence-electron chi connectivity index (χ3n) is 3.26. The number of H-pyrrole nitrogens is 1. The summed E-state index contributed by atoms with van der Waals surface area (Å²) >= 11 is 0. The summed E-state index contributed by atoms with van der Waals surface area (Å²) < 4.78 is 0. The number of aromatic nitrogens is 2. The molecule has 1 N–H and O–H groups in total. The number of rotatable bonds is 1. The number of nitrogens with zero attached hydrogens (tertiary/aromatic N) is 1. The second-order valence-corrected chi connectivity index (χ2v) is 4.75. The highest BCUT2D eigenvalue weighted by atomic mass is 16.1. The van der Waals surface area contributed by atoms with Crippen molar-refractivity contribution < 1.29 is 0 Å². The third-order valence-corrected chi connectivity index (χ3v) is 3.26. The first-order valence-corrected chi connectivity index (χ1v) is 6.22. The summed E-state index contributed by atoms with van der Waals surface area (Å²) in [5, 5.41) is 0.635. The van der Waals surface area contributed by atoms with Gasteiger partial charge < -0.3 is 4.98 Å². The fourth-order valence-corrected chi connectivity index (χ4v) is 2.15. The molecule has 0 unspecified atom stereocenters. The molecule has 3 rings (SSSR count). The molecule has 3 aromatic rings. The maximum absolute atomic E-state index is 12.1. The van der Waals surface area contributed by atoms with Crippen LogP contribution in [-0.2, 0) is 0 Å². The fraction of sp³-hybridized carbons (Fsp3) is 0.125. The molecule has 1 aromatic heterocycles. The highest BCUT2D eigenvalue weighted by molar-refractivity contribution is 5.82. The van der Waals surface area contributed by atoms with Crippen molar-refractivity contribution in [2.75, 3.05) is 0 Å². The largest absolute Gasteiger partial charge is 0.306 e. The molecule has 3 nitrogen and oxygen atoms in total. The molecule has 0 saturated carbocycles. The Balaban J connectivity index is 2.29. The molecule has 1 heterocycles. The minimum atomic E-state index is -0.0933. The van der Waals surface area contributed by atoms with Crippen LogP contribution in [0.15, 0.2) is 47.3 Å². The molecule has 0 fully saturated rings. The van der Waals surface area contributed by atoms with Crippen molar-refractivity contribution in [3.63, 3.8) is 0 Å². The van der Waals surface area contributed by atoms with E-state index in [-0.39, 0.29) is 5.56 Å². The minimum Gasteiger partial charge on any atom is -0.306 e. The number of fused-ring (bicyclic) bond motifs is 1. The molecule has 0 spiro atoms. The van der Waals surface area contributed by atoms with Crippen LogP contribution >= 0.6 is 0 Å². The van der Waals surface area contributed by atoms with Crippen molar-refractivity contribution in [2.45, 2.75) is 13.8 Å². The average molecular weight is 250 g/mol. The lowest BCUT2D eigenvalue weighted by Gasteiger charge is -2.05. The van der Waals surface area contributed by atoms with Crippen LogP contribution in [0, 0.1) is 13.8 Å². The standard InChI is InChI=1S/C16H14N2O/c1-10-6-8-12(9-7-10)15-17-14-11(2)4-3-5-13(14)16(19)18-15/h3-9H,1-2H3,(H,17,18,19). The number of benzene rings is 2. The van der Waals surface area contributed by atoms with Crippen LogP contribution < -0.4 is 5.56 Å². The summed E-state index contributed by atoms with van der Waals surface area (Å²) in [5.74, 6) is 0.617. The molecule has 0 aliphatic rings. The Hall–Kier alpha value is -2.42. The molecule has 0 aliphatic heterocycles. The van der Waals surface area contributed by atoms with Crippen LogP contribution in [-0.4, -0.2) is 9.97 Å². The summed E-state index contributed by atoms with van der Waals surface area (Å²) in [5.41, 5.74) is 3.79. The summed E-state index contributed by atoms with van der Waals surface area (Å²) in [7, 11) is 0. The van der Waals surface area contributed by atoms with E-state index in [4.69, 9.17) is 0 Å². The van der Waals surface area contributed by atoms with Crippen molar-refractivity contribution in [2.24, 2.45) is 0 Å². The van der Waals surface area contributed by atoms with Crippen LogP contribution in [0.1, 0.15) is 11.1 Å². The lowest BCUT2D eigenvalue weighted by atomic mass is 10.1. The maximum Gasteiger partial charge on any atom is 0.259 e. The van der Waals surface area contributed by atoms with Crippen LogP contribution in [0.2, 0.25) is 0 Å². The lowest BCUT2D eigenvalue weighted by molar-refractivity contribution is 1.17. The predicted molar refractivity (Wildman–Crippen MR) is 77.3 cm³/mol. The van der Waals surface area contributed by atoms with Gasteiger partial charge in [-0.1, -0.05) is 42.0 Å². The summed E-state index contributed by atoms with van der Waals surface area (Å²) in [4.78, 5) is 19.5. The monoisotopic (exact) mass is 250 g/mol. The van der Waals surface area contributed by atoms with E-state index >= 15 is 0 Å². The molecule has 19 heavy (non-hydrogen) atoms. The number of para-hydroxylation sites is 1. The zero-order chi connectivity index (χ0) is 13.4. The first-order valence-electron chi connectivity index (χ1n) is 6.22. The minimum absolute atomic E-state index is 0.0933. The summed E-state index contributed by atoms with van der Waals surface area (Å²) in [6.45, 7) is 4.00. The van der Waals surface area contributed by atoms with Crippen LogP contribution in [0.3, 0.4) is 0 Å². The number of aromatic amines is 1. The van der Waals surface area contributed by atoms with Crippen molar-refractivity contribution in [3.8, 4) is 11.4 Å². The molecule has 0 saturated heterocycles. The number of aryl methyl sites for hydroxylation is 2. The van der Waals surface area contributed by atoms with Gasteiger partial charge in [-0.25, -0.2) is 4.98 Å². The van der Waals surface area contributed by atoms with Crippen molar-refractivity contribution in [3.05, 3.63) is 63.9 Å². The Morgan fingerprint density at radius 2 is 1.74 bits per heavy atom. The maximum atomic E-state index is 12.1. The van der Waals surface area contributed by atoms with Crippen molar-refractivity contribution in [1.82, 2.24) is 9.97 Å². The Morgan fingerprint density at radius 3 is 2.47 bits per heavy atom. The Morgan fingerprint density at radius 1 is 1.00 bits per heavy atom. The third kappa shape index (κ3) is 2.03. The first kappa shape index (κ1) is 11.7. The second-order valence-electron chi connectivity index (χ2n) is 4.75. The molecule has 0 radical (unpaired) electrons. The number of hydrogen-bond acceptors (Lipinski definition) is 2. The van der Waals surface area contributed by atoms with Gasteiger partial charge in [-0.3, -0.25) is 4.79 Å². The molecule has 3 heteroatoms. The zero-order valence-electron chi connectivity index (χ0n) is 10.9. The highest BCUT2D eigenvalue weighted by Crippen LogP contribution is 2.18. The van der Waals surface area contributed by atoms with Gasteiger partial charge in [0.2, 0.25) is 0 Å². The highest BCUT2D eigenvalue weighted by Gasteiger charge is 2.07. The Labute approximate surface area is 111 Å². The van der Waals surface area contributed by atoms with Gasteiger partial charge in [0.25, 0.3) is 5.56 Å². The number of hydrogen-bond donors (Lipinski definition) is 1. The smallest absolute Gasteiger partial charge is 0.259 e. The second kappa shape index (κ2) is 4.35. The predicted octanol–water partition coefficient (Wildman–Crippen LogP) is 3.21. The van der Waals surface area contributed by atoms with E-state index in [1.54, 1.807) is 6.07 Å². The summed E-state index contributed by atoms with van der Waals surface area (Å²) in [6.07, 6.45) is 0. The van der Waals surface area contributed by atoms with E-state index in [2.05, 4.69) is 9.97 Å². The van der Waals surface area contributed by atoms with E-state index in [1.165, 1.54) is 5.56 Å². The van der Waals surface area contributed by atoms with Gasteiger partial charge in [0.1, 0.15) is 5.82 Å². The van der Waals surface area contributed by atoms with Crippen LogP contribution in [0.5, 0.6) is 0 Å². The van der Waals surface area contributed by atoms with E-state index < -0.39 is 0 Å². The topological polar surface area (TPSA) is 45.8 Å². The van der Waals surface area contributed by atoms with Crippen LogP contribution in [0.25, 0.3) is 22.3 Å². The first-order chi connectivity index (χ1) is 9.15. The molecule has 0 atom stereocenters. The van der Waals surface area contributed by atoms with Crippen molar-refractivity contribution in [1.29, 1.82) is 0 Å². The molecular weight excluding hydrogens is 236 g/mol. The Kier molecular flexibility index (Phi) is 2.67. The molecule has 94 valence electrons.